The molecule has 180 valence electrons. The van der Waals surface area contributed by atoms with Gasteiger partial charge >= 0.3 is 0 Å². The molecule has 0 radical (unpaired) electrons. The second-order valence-corrected chi connectivity index (χ2v) is 7.75. The molecule has 0 atom stereocenters. The Bertz CT molecular complexity index is 1500. The van der Waals surface area contributed by atoms with Crippen molar-refractivity contribution in [3.05, 3.63) is 90.5 Å². The third-order valence-corrected chi connectivity index (χ3v) is 5.26. The molecule has 5 aromatic rings. The molecule has 3 aromatic heterocycles. The number of amides is 2. The molecule has 0 saturated carbocycles. The van der Waals surface area contributed by atoms with Crippen LogP contribution in [0.5, 0.6) is 0 Å². The highest BCUT2D eigenvalue weighted by molar-refractivity contribution is 6.05. The number of aromatic nitrogens is 8. The lowest BCUT2D eigenvalue weighted by atomic mass is 10.2. The first-order chi connectivity index (χ1) is 17.6. The van der Waals surface area contributed by atoms with E-state index in [1.54, 1.807) is 58.2 Å². The van der Waals surface area contributed by atoms with Crippen LogP contribution in [0.1, 0.15) is 27.9 Å². The van der Waals surface area contributed by atoms with Gasteiger partial charge in [0.25, 0.3) is 11.8 Å². The number of hydrogen-bond donors (Lipinski definition) is 2. The van der Waals surface area contributed by atoms with Crippen LogP contribution in [-0.2, 0) is 13.2 Å². The van der Waals surface area contributed by atoms with Gasteiger partial charge in [-0.1, -0.05) is 36.4 Å². The summed E-state index contributed by atoms with van der Waals surface area (Å²) >= 11 is 0. The van der Waals surface area contributed by atoms with Crippen LogP contribution in [0.2, 0.25) is 0 Å². The van der Waals surface area contributed by atoms with Gasteiger partial charge in [0, 0.05) is 35.9 Å². The Morgan fingerprint density at radius 3 is 2.44 bits per heavy atom. The molecule has 0 aliphatic carbocycles. The molecule has 12 nitrogen and oxygen atoms in total. The number of nitrogens with zero attached hydrogens (tertiary/aromatic N) is 8. The predicted octanol–water partition coefficient (Wildman–Crippen LogP) is 2.76. The number of aryl methyl sites for hydroxylation is 1. The SMILES string of the molecule is CCn1nccc1C(=O)Nc1cccc(NC(=O)c2ccn(Cn3nnc(-c4ccccc4)n3)n2)c1. The minimum absolute atomic E-state index is 0.197. The van der Waals surface area contributed by atoms with E-state index in [4.69, 9.17) is 0 Å². The Balaban J connectivity index is 1.21. The van der Waals surface area contributed by atoms with Crippen LogP contribution in [0.3, 0.4) is 0 Å². The Hall–Kier alpha value is -5.13. The van der Waals surface area contributed by atoms with E-state index in [9.17, 15) is 9.59 Å². The van der Waals surface area contributed by atoms with E-state index < -0.39 is 5.91 Å². The van der Waals surface area contributed by atoms with Gasteiger partial charge in [0.1, 0.15) is 5.69 Å². The molecule has 0 fully saturated rings. The maximum absolute atomic E-state index is 12.7. The number of tetrazole rings is 1. The largest absolute Gasteiger partial charge is 0.321 e. The monoisotopic (exact) mass is 482 g/mol. The molecule has 0 aliphatic heterocycles. The van der Waals surface area contributed by atoms with Crippen molar-refractivity contribution in [1.82, 2.24) is 39.8 Å². The van der Waals surface area contributed by atoms with Crippen molar-refractivity contribution in [2.45, 2.75) is 20.1 Å². The van der Waals surface area contributed by atoms with E-state index in [1.807, 2.05) is 37.3 Å². The molecule has 0 bridgehead atoms. The van der Waals surface area contributed by atoms with E-state index in [-0.39, 0.29) is 18.3 Å². The van der Waals surface area contributed by atoms with Crippen molar-refractivity contribution in [3.63, 3.8) is 0 Å². The molecule has 2 N–H and O–H groups in total. The molecular weight excluding hydrogens is 460 g/mol. The lowest BCUT2D eigenvalue weighted by Gasteiger charge is -2.09. The topological polar surface area (TPSA) is 137 Å². The highest BCUT2D eigenvalue weighted by atomic mass is 16.2. The first kappa shape index (κ1) is 22.7. The number of rotatable bonds is 8. The van der Waals surface area contributed by atoms with Gasteiger partial charge in [0.15, 0.2) is 12.4 Å². The molecule has 2 aromatic carbocycles. The zero-order valence-electron chi connectivity index (χ0n) is 19.3. The number of anilines is 2. The number of nitrogens with one attached hydrogen (secondary N) is 2. The molecule has 2 amide bonds. The maximum atomic E-state index is 12.7. The summed E-state index contributed by atoms with van der Waals surface area (Å²) in [5.74, 6) is -0.168. The summed E-state index contributed by atoms with van der Waals surface area (Å²) in [5.41, 5.74) is 2.59. The molecule has 3 heterocycles. The fraction of sp³-hybridized carbons (Fsp3) is 0.125. The van der Waals surface area contributed by atoms with Crippen molar-refractivity contribution in [2.24, 2.45) is 0 Å². The number of benzene rings is 2. The minimum atomic E-state index is -0.391. The molecule has 0 aliphatic rings. The van der Waals surface area contributed by atoms with Gasteiger partial charge in [-0.25, -0.2) is 4.68 Å². The van der Waals surface area contributed by atoms with Crippen LogP contribution in [0.25, 0.3) is 11.4 Å². The van der Waals surface area contributed by atoms with Crippen molar-refractivity contribution >= 4 is 23.2 Å². The first-order valence-electron chi connectivity index (χ1n) is 11.2. The Kier molecular flexibility index (Phi) is 6.30. The average Bonchev–Trinajstić information content (AvgIpc) is 3.66. The number of hydrogen-bond acceptors (Lipinski definition) is 7. The van der Waals surface area contributed by atoms with Crippen LogP contribution in [0.15, 0.2) is 79.1 Å². The van der Waals surface area contributed by atoms with Gasteiger partial charge in [-0.2, -0.15) is 10.2 Å². The van der Waals surface area contributed by atoms with E-state index in [2.05, 4.69) is 36.2 Å². The number of carbonyl (C=O) groups is 2. The fourth-order valence-corrected chi connectivity index (χ4v) is 3.54. The van der Waals surface area contributed by atoms with E-state index >= 15 is 0 Å². The molecule has 0 spiro atoms. The molecular formula is C24H22N10O2. The summed E-state index contributed by atoms with van der Waals surface area (Å²) in [4.78, 5) is 26.7. The standard InChI is InChI=1S/C24H22N10O2/c1-2-33-21(11-13-25-33)24(36)27-19-10-6-9-18(15-19)26-23(35)20-12-14-32(29-20)16-34-30-22(28-31-34)17-7-4-3-5-8-17/h3-15H,2,16H2,1H3,(H,26,35)(H,27,36). The molecule has 12 heteroatoms. The van der Waals surface area contributed by atoms with E-state index in [0.29, 0.717) is 29.4 Å². The highest BCUT2D eigenvalue weighted by Crippen LogP contribution is 2.17. The lowest BCUT2D eigenvalue weighted by molar-refractivity contribution is 0.101. The maximum Gasteiger partial charge on any atom is 0.276 e. The predicted molar refractivity (Wildman–Crippen MR) is 131 cm³/mol. The van der Waals surface area contributed by atoms with Crippen LogP contribution in [0, 0.1) is 0 Å². The van der Waals surface area contributed by atoms with Crippen molar-refractivity contribution in [3.8, 4) is 11.4 Å². The molecule has 5 rings (SSSR count). The lowest BCUT2D eigenvalue weighted by Crippen LogP contribution is -2.18. The van der Waals surface area contributed by atoms with Crippen LogP contribution in [0.4, 0.5) is 11.4 Å². The normalized spacial score (nSPS) is 10.8. The Labute approximate surface area is 205 Å². The van der Waals surface area contributed by atoms with Crippen LogP contribution in [-0.4, -0.2) is 51.6 Å². The smallest absolute Gasteiger partial charge is 0.276 e. The summed E-state index contributed by atoms with van der Waals surface area (Å²) in [6.07, 6.45) is 3.24. The fourth-order valence-electron chi connectivity index (χ4n) is 3.54. The Morgan fingerprint density at radius 2 is 1.67 bits per heavy atom. The van der Waals surface area contributed by atoms with Gasteiger partial charge in [-0.15, -0.1) is 15.0 Å². The van der Waals surface area contributed by atoms with Gasteiger partial charge in [0.2, 0.25) is 5.82 Å². The summed E-state index contributed by atoms with van der Waals surface area (Å²) < 4.78 is 3.15. The van der Waals surface area contributed by atoms with Gasteiger partial charge in [0.05, 0.1) is 0 Å². The van der Waals surface area contributed by atoms with Crippen LogP contribution < -0.4 is 10.6 Å². The van der Waals surface area contributed by atoms with E-state index in [0.717, 1.165) is 5.56 Å². The Morgan fingerprint density at radius 1 is 0.889 bits per heavy atom. The summed E-state index contributed by atoms with van der Waals surface area (Å²) in [5, 5.41) is 26.5. The summed E-state index contributed by atoms with van der Waals surface area (Å²) in [6.45, 7) is 2.69. The van der Waals surface area contributed by atoms with Gasteiger partial charge < -0.3 is 10.6 Å². The molecule has 0 unspecified atom stereocenters. The van der Waals surface area contributed by atoms with Crippen molar-refractivity contribution < 1.29 is 9.59 Å². The van der Waals surface area contributed by atoms with Crippen LogP contribution >= 0.6 is 0 Å². The number of carbonyl (C=O) groups excluding carboxylic acids is 2. The third-order valence-electron chi connectivity index (χ3n) is 5.26. The minimum Gasteiger partial charge on any atom is -0.321 e. The van der Waals surface area contributed by atoms with Gasteiger partial charge in [-0.05, 0) is 42.5 Å². The second kappa shape index (κ2) is 10.0. The average molecular weight is 483 g/mol. The first-order valence-corrected chi connectivity index (χ1v) is 11.2. The zero-order valence-corrected chi connectivity index (χ0v) is 19.3. The van der Waals surface area contributed by atoms with E-state index in [1.165, 1.54) is 4.80 Å². The molecule has 36 heavy (non-hydrogen) atoms. The summed E-state index contributed by atoms with van der Waals surface area (Å²) in [7, 11) is 0. The van der Waals surface area contributed by atoms with Crippen molar-refractivity contribution in [2.75, 3.05) is 10.6 Å². The quantitative estimate of drug-likeness (QED) is 0.347. The van der Waals surface area contributed by atoms with Crippen molar-refractivity contribution in [1.29, 1.82) is 0 Å². The highest BCUT2D eigenvalue weighted by Gasteiger charge is 2.14. The van der Waals surface area contributed by atoms with Gasteiger partial charge in [-0.3, -0.25) is 14.3 Å². The molecule has 0 saturated heterocycles. The zero-order chi connectivity index (χ0) is 24.9. The summed E-state index contributed by atoms with van der Waals surface area (Å²) in [6, 6.07) is 19.7. The third kappa shape index (κ3) is 5.01. The second-order valence-electron chi connectivity index (χ2n) is 7.75.